The van der Waals surface area contributed by atoms with Crippen molar-refractivity contribution in [3.05, 3.63) is 29.6 Å². The van der Waals surface area contributed by atoms with E-state index in [2.05, 4.69) is 5.32 Å². The number of hydrogen-bond donors (Lipinski definition) is 2. The lowest BCUT2D eigenvalue weighted by molar-refractivity contribution is -0.119. The van der Waals surface area contributed by atoms with E-state index in [1.165, 1.54) is 12.1 Å². The molecule has 19 heavy (non-hydrogen) atoms. The van der Waals surface area contributed by atoms with Crippen LogP contribution in [0.1, 0.15) is 5.56 Å². The third kappa shape index (κ3) is 5.23. The lowest BCUT2D eigenvalue weighted by Crippen LogP contribution is -2.36. The molecular formula is C13H19FN2O3. The van der Waals surface area contributed by atoms with E-state index in [4.69, 9.17) is 9.84 Å². The highest BCUT2D eigenvalue weighted by atomic mass is 19.1. The molecule has 0 bridgehead atoms. The van der Waals surface area contributed by atoms with Gasteiger partial charge >= 0.3 is 0 Å². The van der Waals surface area contributed by atoms with E-state index >= 15 is 0 Å². The fourth-order valence-corrected chi connectivity index (χ4v) is 1.60. The predicted molar refractivity (Wildman–Crippen MR) is 70.5 cm³/mol. The molecule has 1 rings (SSSR count). The Labute approximate surface area is 112 Å². The molecule has 0 atom stereocenters. The van der Waals surface area contributed by atoms with E-state index in [1.54, 1.807) is 25.1 Å². The summed E-state index contributed by atoms with van der Waals surface area (Å²) >= 11 is 0. The van der Waals surface area contributed by atoms with Crippen molar-refractivity contribution in [1.29, 1.82) is 0 Å². The average Bonchev–Trinajstić information content (AvgIpc) is 2.38. The maximum absolute atomic E-state index is 13.3. The van der Waals surface area contributed by atoms with Crippen LogP contribution in [0.2, 0.25) is 0 Å². The van der Waals surface area contributed by atoms with Crippen LogP contribution >= 0.6 is 0 Å². The molecule has 6 heteroatoms. The first-order chi connectivity index (χ1) is 9.06. The van der Waals surface area contributed by atoms with Gasteiger partial charge in [0.2, 0.25) is 5.91 Å². The Morgan fingerprint density at radius 1 is 1.47 bits per heavy atom. The van der Waals surface area contributed by atoms with Crippen LogP contribution in [0.3, 0.4) is 0 Å². The highest BCUT2D eigenvalue weighted by Gasteiger charge is 2.09. The van der Waals surface area contributed by atoms with Crippen molar-refractivity contribution >= 4 is 11.6 Å². The predicted octanol–water partition coefficient (Wildman–Crippen LogP) is 0.517. The van der Waals surface area contributed by atoms with Crippen LogP contribution in [0.15, 0.2) is 18.2 Å². The largest absolute Gasteiger partial charge is 0.392 e. The number of benzene rings is 1. The molecule has 106 valence electrons. The first-order valence-electron chi connectivity index (χ1n) is 5.94. The van der Waals surface area contributed by atoms with Crippen molar-refractivity contribution in [2.24, 2.45) is 0 Å². The third-order valence-electron chi connectivity index (χ3n) is 2.57. The number of amides is 1. The van der Waals surface area contributed by atoms with Crippen LogP contribution in [0.4, 0.5) is 10.1 Å². The zero-order valence-corrected chi connectivity index (χ0v) is 11.1. The smallest absolute Gasteiger partial charge is 0.239 e. The summed E-state index contributed by atoms with van der Waals surface area (Å²) in [5.74, 6) is -0.609. The number of anilines is 1. The van der Waals surface area contributed by atoms with Crippen LogP contribution in [0, 0.1) is 5.82 Å². The molecule has 5 nitrogen and oxygen atoms in total. The van der Waals surface area contributed by atoms with E-state index in [9.17, 15) is 9.18 Å². The lowest BCUT2D eigenvalue weighted by Gasteiger charge is -2.19. The molecule has 1 amide bonds. The number of carbonyl (C=O) groups is 1. The number of likely N-dealkylation sites (N-methyl/N-ethyl adjacent to an activating group) is 1. The second-order valence-corrected chi connectivity index (χ2v) is 4.17. The zero-order valence-electron chi connectivity index (χ0n) is 11.1. The Balaban J connectivity index is 2.59. The number of methoxy groups -OCH3 is 1. The quantitative estimate of drug-likeness (QED) is 0.709. The molecular weight excluding hydrogens is 251 g/mol. The topological polar surface area (TPSA) is 61.8 Å². The average molecular weight is 270 g/mol. The highest BCUT2D eigenvalue weighted by Crippen LogP contribution is 2.17. The number of carbonyl (C=O) groups excluding carboxylic acids is 1. The minimum Gasteiger partial charge on any atom is -0.392 e. The summed E-state index contributed by atoms with van der Waals surface area (Å²) in [6.45, 7) is 0.759. The van der Waals surface area contributed by atoms with E-state index in [-0.39, 0.29) is 19.1 Å². The van der Waals surface area contributed by atoms with Gasteiger partial charge in [-0.1, -0.05) is 0 Å². The Kier molecular flexibility index (Phi) is 6.24. The maximum Gasteiger partial charge on any atom is 0.239 e. The molecule has 2 N–H and O–H groups in total. The van der Waals surface area contributed by atoms with Gasteiger partial charge in [-0.15, -0.1) is 0 Å². The van der Waals surface area contributed by atoms with Gasteiger partial charge in [0.15, 0.2) is 0 Å². The highest BCUT2D eigenvalue weighted by molar-refractivity contribution is 5.81. The van der Waals surface area contributed by atoms with Crippen molar-refractivity contribution in [2.75, 3.05) is 38.8 Å². The summed E-state index contributed by atoms with van der Waals surface area (Å²) in [5, 5.41) is 11.7. The summed E-state index contributed by atoms with van der Waals surface area (Å²) in [4.78, 5) is 13.2. The molecule has 0 heterocycles. The van der Waals surface area contributed by atoms with Crippen molar-refractivity contribution < 1.29 is 19.0 Å². The number of halogens is 1. The number of rotatable bonds is 7. The number of nitrogens with zero attached hydrogens (tertiary/aromatic N) is 1. The molecule has 0 aromatic heterocycles. The number of nitrogens with one attached hydrogen (secondary N) is 1. The minimum absolute atomic E-state index is 0.109. The zero-order chi connectivity index (χ0) is 14.3. The standard InChI is InChI=1S/C13H19FN2O3/c1-16(8-13(18)15-3-4-19-2)12-6-10(9-17)5-11(14)7-12/h5-7,17H,3-4,8-9H2,1-2H3,(H,15,18). The summed E-state index contributed by atoms with van der Waals surface area (Å²) in [7, 11) is 3.24. The van der Waals surface area contributed by atoms with Crippen LogP contribution in [-0.4, -0.2) is 44.9 Å². The third-order valence-corrected chi connectivity index (χ3v) is 2.57. The number of aliphatic hydroxyl groups is 1. The molecule has 1 aromatic rings. The molecule has 0 aliphatic heterocycles. The Hall–Kier alpha value is -1.66. The summed E-state index contributed by atoms with van der Waals surface area (Å²) < 4.78 is 18.1. The van der Waals surface area contributed by atoms with Crippen LogP contribution in [0.5, 0.6) is 0 Å². The van der Waals surface area contributed by atoms with Gasteiger partial charge in [0.05, 0.1) is 19.8 Å². The maximum atomic E-state index is 13.3. The van der Waals surface area contributed by atoms with E-state index in [0.717, 1.165) is 0 Å². The molecule has 0 fully saturated rings. The van der Waals surface area contributed by atoms with Gasteiger partial charge < -0.3 is 20.1 Å². The summed E-state index contributed by atoms with van der Waals surface area (Å²) in [6.07, 6.45) is 0. The van der Waals surface area contributed by atoms with Gasteiger partial charge in [0, 0.05) is 26.4 Å². The first kappa shape index (κ1) is 15.4. The minimum atomic E-state index is -0.437. The monoisotopic (exact) mass is 270 g/mol. The van der Waals surface area contributed by atoms with Crippen LogP contribution < -0.4 is 10.2 Å². The number of hydrogen-bond acceptors (Lipinski definition) is 4. The second-order valence-electron chi connectivity index (χ2n) is 4.17. The van der Waals surface area contributed by atoms with Gasteiger partial charge in [0.25, 0.3) is 0 Å². The molecule has 1 aromatic carbocycles. The Bertz CT molecular complexity index is 426. The summed E-state index contributed by atoms with van der Waals surface area (Å²) in [5.41, 5.74) is 1.02. The Morgan fingerprint density at radius 3 is 2.84 bits per heavy atom. The fraction of sp³-hybridized carbons (Fsp3) is 0.462. The summed E-state index contributed by atoms with van der Waals surface area (Å²) in [6, 6.07) is 4.23. The molecule has 0 saturated heterocycles. The first-order valence-corrected chi connectivity index (χ1v) is 5.94. The SMILES string of the molecule is COCCNC(=O)CN(C)c1cc(F)cc(CO)c1. The fourth-order valence-electron chi connectivity index (χ4n) is 1.60. The van der Waals surface area contributed by atoms with Crippen molar-refractivity contribution in [2.45, 2.75) is 6.61 Å². The van der Waals surface area contributed by atoms with E-state index < -0.39 is 5.82 Å². The van der Waals surface area contributed by atoms with Crippen molar-refractivity contribution in [1.82, 2.24) is 5.32 Å². The molecule has 0 saturated carbocycles. The van der Waals surface area contributed by atoms with Gasteiger partial charge in [0.1, 0.15) is 5.82 Å². The van der Waals surface area contributed by atoms with E-state index in [1.807, 2.05) is 0 Å². The number of aliphatic hydroxyl groups excluding tert-OH is 1. The van der Waals surface area contributed by atoms with Crippen molar-refractivity contribution in [3.8, 4) is 0 Å². The molecule has 0 unspecified atom stereocenters. The van der Waals surface area contributed by atoms with Crippen LogP contribution in [0.25, 0.3) is 0 Å². The Morgan fingerprint density at radius 2 is 2.21 bits per heavy atom. The number of ether oxygens (including phenoxy) is 1. The normalized spacial score (nSPS) is 10.3. The van der Waals surface area contributed by atoms with Gasteiger partial charge in [-0.25, -0.2) is 4.39 Å². The molecule has 0 radical (unpaired) electrons. The van der Waals surface area contributed by atoms with Gasteiger partial charge in [-0.3, -0.25) is 4.79 Å². The van der Waals surface area contributed by atoms with E-state index in [0.29, 0.717) is 24.4 Å². The lowest BCUT2D eigenvalue weighted by atomic mass is 10.2. The van der Waals surface area contributed by atoms with Gasteiger partial charge in [-0.05, 0) is 23.8 Å². The van der Waals surface area contributed by atoms with Gasteiger partial charge in [-0.2, -0.15) is 0 Å². The van der Waals surface area contributed by atoms with Crippen molar-refractivity contribution in [3.63, 3.8) is 0 Å². The molecule has 0 spiro atoms. The molecule has 0 aliphatic rings. The van der Waals surface area contributed by atoms with Crippen LogP contribution in [-0.2, 0) is 16.1 Å². The second kappa shape index (κ2) is 7.70. The molecule has 0 aliphatic carbocycles.